The highest BCUT2D eigenvalue weighted by Crippen LogP contribution is 2.49. The SMILES string of the molecule is COc1ccc2[nH]c(=O)c3cc4c(cc3c2c1-c1c(OC)ccc2[nH]c(=O)c3cc5c(cc3c12)OCO5)OCO4. The molecule has 0 radical (unpaired) electrons. The van der Waals surface area contributed by atoms with Crippen molar-refractivity contribution in [2.45, 2.75) is 0 Å². The van der Waals surface area contributed by atoms with Crippen LogP contribution in [0.25, 0.3) is 54.5 Å². The van der Waals surface area contributed by atoms with Crippen LogP contribution in [0.5, 0.6) is 34.5 Å². The second-order valence-corrected chi connectivity index (χ2v) is 9.54. The molecule has 10 nitrogen and oxygen atoms in total. The molecule has 2 aliphatic rings. The summed E-state index contributed by atoms with van der Waals surface area (Å²) in [7, 11) is 3.17. The molecule has 40 heavy (non-hydrogen) atoms. The number of methoxy groups -OCH3 is 2. The maximum absolute atomic E-state index is 13.2. The topological polar surface area (TPSA) is 121 Å². The zero-order chi connectivity index (χ0) is 27.1. The predicted octanol–water partition coefficient (Wildman–Crippen LogP) is 4.82. The lowest BCUT2D eigenvalue weighted by molar-refractivity contribution is 0.173. The van der Waals surface area contributed by atoms with E-state index >= 15 is 0 Å². The van der Waals surface area contributed by atoms with Crippen molar-refractivity contribution >= 4 is 43.4 Å². The van der Waals surface area contributed by atoms with Gasteiger partial charge in [0.1, 0.15) is 11.5 Å². The summed E-state index contributed by atoms with van der Waals surface area (Å²) in [5.74, 6) is 3.18. The molecular weight excluding hydrogens is 516 g/mol. The van der Waals surface area contributed by atoms with E-state index in [-0.39, 0.29) is 24.7 Å². The first-order valence-corrected chi connectivity index (χ1v) is 12.5. The van der Waals surface area contributed by atoms with Crippen LogP contribution in [0.3, 0.4) is 0 Å². The molecule has 2 aliphatic heterocycles. The minimum atomic E-state index is -0.260. The van der Waals surface area contributed by atoms with Crippen LogP contribution in [0.2, 0.25) is 0 Å². The minimum absolute atomic E-state index is 0.0737. The van der Waals surface area contributed by atoms with Gasteiger partial charge in [0.25, 0.3) is 11.1 Å². The Hall–Kier alpha value is -5.38. The lowest BCUT2D eigenvalue weighted by Gasteiger charge is -2.19. The number of H-pyrrole nitrogens is 2. The Kier molecular flexibility index (Phi) is 4.55. The van der Waals surface area contributed by atoms with Crippen molar-refractivity contribution in [1.82, 2.24) is 9.97 Å². The standard InChI is InChI=1S/C30H20N2O8/c1-35-19-5-3-17-25(13-7-21-23(39-11-37-21)9-15(13)29(33)31-17)27(19)28-20(36-2)6-4-18-26(28)14-8-22-24(40-12-38-22)10-16(14)30(34)32-18/h3-10H,11-12H2,1-2H3,(H,31,33)(H,32,34). The normalized spacial score (nSPS) is 13.6. The number of hydrogen-bond donors (Lipinski definition) is 2. The van der Waals surface area contributed by atoms with Crippen molar-refractivity contribution in [3.63, 3.8) is 0 Å². The van der Waals surface area contributed by atoms with Crippen LogP contribution in [0.1, 0.15) is 0 Å². The average molecular weight is 536 g/mol. The molecule has 6 aromatic rings. The number of hydrogen-bond acceptors (Lipinski definition) is 8. The highest BCUT2D eigenvalue weighted by atomic mass is 16.7. The number of benzene rings is 4. The number of ether oxygens (including phenoxy) is 6. The van der Waals surface area contributed by atoms with Crippen LogP contribution in [-0.4, -0.2) is 37.8 Å². The smallest absolute Gasteiger partial charge is 0.256 e. The molecule has 0 amide bonds. The van der Waals surface area contributed by atoms with Gasteiger partial charge in [-0.1, -0.05) is 0 Å². The van der Waals surface area contributed by atoms with Gasteiger partial charge in [-0.05, 0) is 48.5 Å². The highest BCUT2D eigenvalue weighted by Gasteiger charge is 2.26. The number of fused-ring (bicyclic) bond motifs is 8. The highest BCUT2D eigenvalue weighted by molar-refractivity contribution is 6.22. The molecule has 0 saturated carbocycles. The quantitative estimate of drug-likeness (QED) is 0.309. The fraction of sp³-hybridized carbons (Fsp3) is 0.133. The molecule has 0 atom stereocenters. The molecule has 0 aliphatic carbocycles. The molecule has 2 aromatic heterocycles. The van der Waals surface area contributed by atoms with Crippen molar-refractivity contribution in [3.8, 4) is 45.6 Å². The largest absolute Gasteiger partial charge is 0.496 e. The fourth-order valence-electron chi connectivity index (χ4n) is 5.82. The van der Waals surface area contributed by atoms with Crippen LogP contribution < -0.4 is 39.5 Å². The average Bonchev–Trinajstić information content (AvgIpc) is 3.63. The van der Waals surface area contributed by atoms with Gasteiger partial charge in [0.15, 0.2) is 23.0 Å². The molecule has 0 fully saturated rings. The molecule has 0 bridgehead atoms. The van der Waals surface area contributed by atoms with Crippen LogP contribution in [-0.2, 0) is 0 Å². The van der Waals surface area contributed by atoms with Gasteiger partial charge in [-0.25, -0.2) is 0 Å². The van der Waals surface area contributed by atoms with Gasteiger partial charge in [-0.2, -0.15) is 0 Å². The number of rotatable bonds is 3. The van der Waals surface area contributed by atoms with E-state index in [1.807, 2.05) is 12.1 Å². The molecule has 198 valence electrons. The van der Waals surface area contributed by atoms with Crippen molar-refractivity contribution in [3.05, 3.63) is 69.2 Å². The number of aromatic nitrogens is 2. The van der Waals surface area contributed by atoms with Crippen LogP contribution >= 0.6 is 0 Å². The summed E-state index contributed by atoms with van der Waals surface area (Å²) in [5, 5.41) is 3.63. The fourth-order valence-corrected chi connectivity index (χ4v) is 5.82. The zero-order valence-electron chi connectivity index (χ0n) is 21.3. The van der Waals surface area contributed by atoms with E-state index in [1.165, 1.54) is 0 Å². The maximum Gasteiger partial charge on any atom is 0.256 e. The number of aromatic amines is 2. The minimum Gasteiger partial charge on any atom is -0.496 e. The van der Waals surface area contributed by atoms with Gasteiger partial charge in [0.05, 0.1) is 25.0 Å². The summed E-state index contributed by atoms with van der Waals surface area (Å²) in [5.41, 5.74) is 2.02. The van der Waals surface area contributed by atoms with E-state index < -0.39 is 0 Å². The predicted molar refractivity (Wildman–Crippen MR) is 148 cm³/mol. The van der Waals surface area contributed by atoms with E-state index in [2.05, 4.69) is 9.97 Å². The third kappa shape index (κ3) is 2.98. The van der Waals surface area contributed by atoms with Crippen molar-refractivity contribution in [1.29, 1.82) is 0 Å². The van der Waals surface area contributed by atoms with Crippen molar-refractivity contribution in [2.75, 3.05) is 27.8 Å². The zero-order valence-corrected chi connectivity index (χ0v) is 21.3. The van der Waals surface area contributed by atoms with Crippen molar-refractivity contribution < 1.29 is 28.4 Å². The van der Waals surface area contributed by atoms with Crippen LogP contribution in [0.4, 0.5) is 0 Å². The van der Waals surface area contributed by atoms with E-state index in [1.54, 1.807) is 50.6 Å². The number of pyridine rings is 2. The summed E-state index contributed by atoms with van der Waals surface area (Å²) < 4.78 is 34.3. The van der Waals surface area contributed by atoms with Gasteiger partial charge in [-0.15, -0.1) is 0 Å². The molecular formula is C30H20N2O8. The van der Waals surface area contributed by atoms with Gasteiger partial charge in [0, 0.05) is 43.7 Å². The summed E-state index contributed by atoms with van der Waals surface area (Å²) in [6, 6.07) is 14.2. The Balaban J connectivity index is 1.62. The summed E-state index contributed by atoms with van der Waals surface area (Å²) in [4.78, 5) is 32.4. The first-order valence-electron chi connectivity index (χ1n) is 12.5. The Bertz CT molecular complexity index is 2040. The third-order valence-corrected chi connectivity index (χ3v) is 7.57. The lowest BCUT2D eigenvalue weighted by Crippen LogP contribution is -2.09. The number of nitrogens with one attached hydrogen (secondary N) is 2. The van der Waals surface area contributed by atoms with E-state index in [9.17, 15) is 9.59 Å². The Morgan fingerprint density at radius 3 is 1.32 bits per heavy atom. The first-order chi connectivity index (χ1) is 19.6. The van der Waals surface area contributed by atoms with Gasteiger partial charge in [0.2, 0.25) is 13.6 Å². The summed E-state index contributed by atoms with van der Waals surface area (Å²) in [6.07, 6.45) is 0. The Morgan fingerprint density at radius 1 is 0.575 bits per heavy atom. The van der Waals surface area contributed by atoms with Gasteiger partial charge < -0.3 is 38.4 Å². The van der Waals surface area contributed by atoms with E-state index in [0.29, 0.717) is 78.2 Å². The van der Waals surface area contributed by atoms with Crippen LogP contribution in [0.15, 0.2) is 58.1 Å². The third-order valence-electron chi connectivity index (χ3n) is 7.57. The van der Waals surface area contributed by atoms with E-state index in [4.69, 9.17) is 28.4 Å². The lowest BCUT2D eigenvalue weighted by atomic mass is 9.90. The maximum atomic E-state index is 13.2. The Morgan fingerprint density at radius 2 is 0.950 bits per heavy atom. The molecule has 10 heteroatoms. The molecule has 4 heterocycles. The molecule has 2 N–H and O–H groups in total. The molecule has 0 spiro atoms. The van der Waals surface area contributed by atoms with Gasteiger partial charge in [-0.3, -0.25) is 9.59 Å². The monoisotopic (exact) mass is 536 g/mol. The first kappa shape index (κ1) is 22.6. The van der Waals surface area contributed by atoms with E-state index in [0.717, 1.165) is 10.8 Å². The van der Waals surface area contributed by atoms with Crippen molar-refractivity contribution in [2.24, 2.45) is 0 Å². The Labute approximate surface area is 224 Å². The molecule has 0 saturated heterocycles. The molecule has 0 unspecified atom stereocenters. The second-order valence-electron chi connectivity index (χ2n) is 9.54. The van der Waals surface area contributed by atoms with Gasteiger partial charge >= 0.3 is 0 Å². The summed E-state index contributed by atoms with van der Waals surface area (Å²) in [6.45, 7) is 0.147. The molecule has 8 rings (SSSR count). The summed E-state index contributed by atoms with van der Waals surface area (Å²) >= 11 is 0. The van der Waals surface area contributed by atoms with Crippen LogP contribution in [0, 0.1) is 0 Å². The molecule has 4 aromatic carbocycles. The second kappa shape index (κ2) is 8.06.